The van der Waals surface area contributed by atoms with Crippen molar-refractivity contribution in [3.8, 4) is 0 Å². The first kappa shape index (κ1) is 22.2. The molecule has 0 unspecified atom stereocenters. The van der Waals surface area contributed by atoms with E-state index in [4.69, 9.17) is 4.52 Å². The lowest BCUT2D eigenvalue weighted by atomic mass is 9.92. The Morgan fingerprint density at radius 2 is 2.06 bits per heavy atom. The van der Waals surface area contributed by atoms with Crippen molar-refractivity contribution in [2.75, 3.05) is 6.54 Å². The van der Waals surface area contributed by atoms with Crippen molar-refractivity contribution >= 4 is 24.0 Å². The quantitative estimate of drug-likeness (QED) is 0.511. The molecule has 164 valence electrons. The zero-order valence-electron chi connectivity index (χ0n) is 17.3. The number of hydrogen-bond donors (Lipinski definition) is 3. The van der Waals surface area contributed by atoms with Crippen LogP contribution in [0.4, 0.5) is 0 Å². The van der Waals surface area contributed by atoms with Crippen molar-refractivity contribution in [2.24, 2.45) is 5.92 Å². The van der Waals surface area contributed by atoms with Crippen molar-refractivity contribution < 1.29 is 23.7 Å². The first-order valence-electron chi connectivity index (χ1n) is 10.3. The summed E-state index contributed by atoms with van der Waals surface area (Å²) >= 11 is 0. The number of aromatic nitrogens is 1. The molecule has 1 fully saturated rings. The highest BCUT2D eigenvalue weighted by Gasteiger charge is 2.29. The van der Waals surface area contributed by atoms with Gasteiger partial charge in [0.1, 0.15) is 18.1 Å². The number of aryl methyl sites for hydroxylation is 1. The molecule has 3 rings (SSSR count). The van der Waals surface area contributed by atoms with Gasteiger partial charge in [0, 0.05) is 24.9 Å². The van der Waals surface area contributed by atoms with Gasteiger partial charge in [-0.3, -0.25) is 14.4 Å². The number of amides is 3. The third-order valence-electron chi connectivity index (χ3n) is 5.19. The molecule has 2 aromatic rings. The maximum atomic E-state index is 13.0. The Labute approximate surface area is 179 Å². The summed E-state index contributed by atoms with van der Waals surface area (Å²) in [6.45, 7) is 2.29. The Morgan fingerprint density at radius 1 is 1.29 bits per heavy atom. The van der Waals surface area contributed by atoms with Gasteiger partial charge in [-0.25, -0.2) is 0 Å². The number of carbonyl (C=O) groups excluding carboxylic acids is 4. The third kappa shape index (κ3) is 6.24. The highest BCUT2D eigenvalue weighted by atomic mass is 16.5. The first-order chi connectivity index (χ1) is 15.0. The highest BCUT2D eigenvalue weighted by Crippen LogP contribution is 2.17. The molecule has 0 bridgehead atoms. The van der Waals surface area contributed by atoms with Crippen molar-refractivity contribution in [3.63, 3.8) is 0 Å². The fraction of sp³-hybridized carbons (Fsp3) is 0.409. The zero-order valence-corrected chi connectivity index (χ0v) is 17.3. The van der Waals surface area contributed by atoms with Gasteiger partial charge in [-0.15, -0.1) is 0 Å². The molecule has 1 aliphatic heterocycles. The van der Waals surface area contributed by atoms with Gasteiger partial charge in [0.2, 0.25) is 11.8 Å². The van der Waals surface area contributed by atoms with Crippen LogP contribution in [0.5, 0.6) is 0 Å². The number of hydrogen-bond acceptors (Lipinski definition) is 6. The number of aldehydes is 1. The van der Waals surface area contributed by atoms with Gasteiger partial charge >= 0.3 is 0 Å². The lowest BCUT2D eigenvalue weighted by Crippen LogP contribution is -2.52. The molecule has 0 radical (unpaired) electrons. The lowest BCUT2D eigenvalue weighted by Gasteiger charge is -2.25. The Kier molecular flexibility index (Phi) is 7.53. The van der Waals surface area contributed by atoms with Crippen molar-refractivity contribution in [3.05, 3.63) is 53.4 Å². The molecule has 2 heterocycles. The molecule has 0 saturated carbocycles. The molecular weight excluding hydrogens is 400 g/mol. The average Bonchev–Trinajstić information content (AvgIpc) is 3.21. The van der Waals surface area contributed by atoms with E-state index in [9.17, 15) is 19.2 Å². The molecule has 1 aromatic heterocycles. The van der Waals surface area contributed by atoms with Crippen LogP contribution in [0, 0.1) is 12.8 Å². The molecule has 1 saturated heterocycles. The minimum Gasteiger partial charge on any atom is -0.361 e. The molecule has 1 aliphatic rings. The minimum atomic E-state index is -0.936. The van der Waals surface area contributed by atoms with Crippen LogP contribution < -0.4 is 16.0 Å². The molecule has 1 aromatic carbocycles. The second kappa shape index (κ2) is 10.5. The van der Waals surface area contributed by atoms with Gasteiger partial charge < -0.3 is 25.3 Å². The summed E-state index contributed by atoms with van der Waals surface area (Å²) in [7, 11) is 0. The van der Waals surface area contributed by atoms with Gasteiger partial charge in [-0.05, 0) is 31.7 Å². The molecule has 3 atom stereocenters. The molecule has 31 heavy (non-hydrogen) atoms. The van der Waals surface area contributed by atoms with Crippen LogP contribution in [0.2, 0.25) is 0 Å². The Bertz CT molecular complexity index is 927. The molecular formula is C22H26N4O5. The molecule has 9 nitrogen and oxygen atoms in total. The van der Waals surface area contributed by atoms with Gasteiger partial charge in [0.15, 0.2) is 5.69 Å². The van der Waals surface area contributed by atoms with E-state index in [1.165, 1.54) is 6.07 Å². The summed E-state index contributed by atoms with van der Waals surface area (Å²) in [5, 5.41) is 11.8. The van der Waals surface area contributed by atoms with Crippen LogP contribution >= 0.6 is 0 Å². The summed E-state index contributed by atoms with van der Waals surface area (Å²) in [5.41, 5.74) is 0.905. The van der Waals surface area contributed by atoms with Crippen molar-refractivity contribution in [1.82, 2.24) is 21.1 Å². The van der Waals surface area contributed by atoms with E-state index in [1.807, 2.05) is 30.3 Å². The number of nitrogens with one attached hydrogen (secondary N) is 3. The number of piperidine rings is 1. The van der Waals surface area contributed by atoms with E-state index in [0.29, 0.717) is 25.0 Å². The fourth-order valence-electron chi connectivity index (χ4n) is 3.56. The Hall–Kier alpha value is -3.49. The summed E-state index contributed by atoms with van der Waals surface area (Å²) < 4.78 is 4.93. The van der Waals surface area contributed by atoms with Crippen LogP contribution in [0.1, 0.15) is 41.1 Å². The van der Waals surface area contributed by atoms with E-state index in [-0.39, 0.29) is 30.4 Å². The summed E-state index contributed by atoms with van der Waals surface area (Å²) in [6.07, 6.45) is 2.57. The van der Waals surface area contributed by atoms with Gasteiger partial charge in [0.05, 0.1) is 6.04 Å². The molecule has 3 amide bonds. The minimum absolute atomic E-state index is 0.0641. The standard InChI is InChI=1S/C22H26N4O5/c1-14-10-19(26-31-14)22(30)25-18(11-15-6-3-2-4-7-15)21(29)24-17(13-27)12-16-8-5-9-23-20(16)28/h2-4,6-7,10,13,16-18H,5,8-9,11-12H2,1H3,(H,23,28)(H,24,29)(H,25,30)/t16-,17-,18-/m0/s1. The Morgan fingerprint density at radius 3 is 2.71 bits per heavy atom. The van der Waals surface area contributed by atoms with E-state index < -0.39 is 23.9 Å². The van der Waals surface area contributed by atoms with Gasteiger partial charge in [0.25, 0.3) is 5.91 Å². The molecule has 3 N–H and O–H groups in total. The number of rotatable bonds is 9. The predicted molar refractivity (Wildman–Crippen MR) is 111 cm³/mol. The van der Waals surface area contributed by atoms with E-state index in [2.05, 4.69) is 21.1 Å². The lowest BCUT2D eigenvalue weighted by molar-refractivity contribution is -0.129. The van der Waals surface area contributed by atoms with E-state index in [0.717, 1.165) is 12.0 Å². The monoisotopic (exact) mass is 426 g/mol. The van der Waals surface area contributed by atoms with Crippen molar-refractivity contribution in [1.29, 1.82) is 0 Å². The SMILES string of the molecule is Cc1cc(C(=O)N[C@@H](Cc2ccccc2)C(=O)N[C@H](C=O)C[C@@H]2CCCNC2=O)no1. The van der Waals surface area contributed by atoms with Crippen LogP contribution in [-0.4, -0.2) is 47.8 Å². The number of benzene rings is 1. The van der Waals surface area contributed by atoms with Crippen LogP contribution in [-0.2, 0) is 20.8 Å². The first-order valence-corrected chi connectivity index (χ1v) is 10.3. The Balaban J connectivity index is 1.70. The van der Waals surface area contributed by atoms with E-state index >= 15 is 0 Å². The average molecular weight is 426 g/mol. The number of carbonyl (C=O) groups is 4. The normalized spacial score (nSPS) is 17.8. The summed E-state index contributed by atoms with van der Waals surface area (Å²) in [6, 6.07) is 8.93. The zero-order chi connectivity index (χ0) is 22.2. The molecule has 9 heteroatoms. The van der Waals surface area contributed by atoms with Crippen molar-refractivity contribution in [2.45, 2.75) is 44.7 Å². The topological polar surface area (TPSA) is 130 Å². The van der Waals surface area contributed by atoms with Crippen LogP contribution in [0.3, 0.4) is 0 Å². The molecule has 0 spiro atoms. The summed E-state index contributed by atoms with van der Waals surface area (Å²) in [4.78, 5) is 49.1. The van der Waals surface area contributed by atoms with Gasteiger partial charge in [-0.1, -0.05) is 35.5 Å². The second-order valence-electron chi connectivity index (χ2n) is 7.66. The molecule has 0 aliphatic carbocycles. The second-order valence-corrected chi connectivity index (χ2v) is 7.66. The van der Waals surface area contributed by atoms with E-state index in [1.54, 1.807) is 6.92 Å². The smallest absolute Gasteiger partial charge is 0.274 e. The third-order valence-corrected chi connectivity index (χ3v) is 5.19. The summed E-state index contributed by atoms with van der Waals surface area (Å²) in [5.74, 6) is -1.03. The van der Waals surface area contributed by atoms with Crippen LogP contribution in [0.25, 0.3) is 0 Å². The fourth-order valence-corrected chi connectivity index (χ4v) is 3.56. The van der Waals surface area contributed by atoms with Gasteiger partial charge in [-0.2, -0.15) is 0 Å². The largest absolute Gasteiger partial charge is 0.361 e. The maximum absolute atomic E-state index is 13.0. The number of nitrogens with zero attached hydrogens (tertiary/aromatic N) is 1. The predicted octanol–water partition coefficient (Wildman–Crippen LogP) is 0.924. The van der Waals surface area contributed by atoms with Crippen LogP contribution in [0.15, 0.2) is 40.9 Å². The highest BCUT2D eigenvalue weighted by molar-refractivity contribution is 5.96. The maximum Gasteiger partial charge on any atom is 0.274 e.